The van der Waals surface area contributed by atoms with Gasteiger partial charge in [-0.1, -0.05) is 46.3 Å². The summed E-state index contributed by atoms with van der Waals surface area (Å²) in [5.41, 5.74) is 3.08. The van der Waals surface area contributed by atoms with E-state index in [1.165, 1.54) is 0 Å². The minimum absolute atomic E-state index is 0.575. The highest BCUT2D eigenvalue weighted by Gasteiger charge is 2.13. The molecule has 0 radical (unpaired) electrons. The standard InChI is InChI=1S/C16H9Br2N3/c17-11-7-12-13(9-19)15(6-10-4-2-1-3-5-10)20-21-16(12)14(18)8-11/h1-5,7-8H,6H2. The molecular formula is C16H9Br2N3. The highest BCUT2D eigenvalue weighted by molar-refractivity contribution is 9.11. The summed E-state index contributed by atoms with van der Waals surface area (Å²) in [6, 6.07) is 16.0. The number of fused-ring (bicyclic) bond motifs is 1. The minimum atomic E-state index is 0.575. The van der Waals surface area contributed by atoms with E-state index in [1.807, 2.05) is 42.5 Å². The van der Waals surface area contributed by atoms with Crippen LogP contribution in [0, 0.1) is 11.3 Å². The van der Waals surface area contributed by atoms with Crippen LogP contribution in [-0.4, -0.2) is 10.2 Å². The summed E-state index contributed by atoms with van der Waals surface area (Å²) in [5.74, 6) is 0. The number of rotatable bonds is 2. The maximum atomic E-state index is 9.53. The molecule has 2 aromatic carbocycles. The Morgan fingerprint density at radius 2 is 1.81 bits per heavy atom. The normalized spacial score (nSPS) is 10.5. The number of benzene rings is 2. The van der Waals surface area contributed by atoms with Crippen molar-refractivity contribution in [2.45, 2.75) is 6.42 Å². The molecule has 0 aliphatic rings. The van der Waals surface area contributed by atoms with Crippen LogP contribution >= 0.6 is 31.9 Å². The number of nitrogens with zero attached hydrogens (tertiary/aromatic N) is 3. The highest BCUT2D eigenvalue weighted by atomic mass is 79.9. The third-order valence-corrected chi connectivity index (χ3v) is 4.25. The van der Waals surface area contributed by atoms with Gasteiger partial charge in [0, 0.05) is 20.8 Å². The predicted octanol–water partition coefficient (Wildman–Crippen LogP) is 4.62. The lowest BCUT2D eigenvalue weighted by Crippen LogP contribution is -2.01. The van der Waals surface area contributed by atoms with E-state index in [1.54, 1.807) is 0 Å². The van der Waals surface area contributed by atoms with Crippen LogP contribution in [0.15, 0.2) is 51.4 Å². The topological polar surface area (TPSA) is 49.6 Å². The lowest BCUT2D eigenvalue weighted by atomic mass is 10.0. The van der Waals surface area contributed by atoms with Gasteiger partial charge in [0.25, 0.3) is 0 Å². The number of hydrogen-bond donors (Lipinski definition) is 0. The summed E-state index contributed by atoms with van der Waals surface area (Å²) < 4.78 is 1.72. The van der Waals surface area contributed by atoms with E-state index >= 15 is 0 Å². The van der Waals surface area contributed by atoms with E-state index in [4.69, 9.17) is 0 Å². The first-order valence-electron chi connectivity index (χ1n) is 6.27. The number of halogens is 2. The Bertz CT molecular complexity index is 855. The Hall–Kier alpha value is -1.77. The molecule has 0 unspecified atom stereocenters. The molecule has 0 aliphatic heterocycles. The molecule has 3 rings (SSSR count). The molecule has 0 amide bonds. The fraction of sp³-hybridized carbons (Fsp3) is 0.0625. The lowest BCUT2D eigenvalue weighted by molar-refractivity contribution is 0.957. The van der Waals surface area contributed by atoms with Crippen molar-refractivity contribution < 1.29 is 0 Å². The molecule has 1 heterocycles. The molecule has 21 heavy (non-hydrogen) atoms. The van der Waals surface area contributed by atoms with Crippen LogP contribution in [-0.2, 0) is 6.42 Å². The fourth-order valence-corrected chi connectivity index (χ4v) is 3.52. The second-order valence-corrected chi connectivity index (χ2v) is 6.35. The van der Waals surface area contributed by atoms with Crippen molar-refractivity contribution in [1.29, 1.82) is 5.26 Å². The second kappa shape index (κ2) is 5.92. The number of nitriles is 1. The molecule has 0 saturated heterocycles. The molecule has 0 saturated carbocycles. The summed E-state index contributed by atoms with van der Waals surface area (Å²) in [6.45, 7) is 0. The van der Waals surface area contributed by atoms with E-state index in [-0.39, 0.29) is 0 Å². The predicted molar refractivity (Wildman–Crippen MR) is 88.9 cm³/mol. The molecular weight excluding hydrogens is 394 g/mol. The summed E-state index contributed by atoms with van der Waals surface area (Å²) in [7, 11) is 0. The molecule has 3 nitrogen and oxygen atoms in total. The SMILES string of the molecule is N#Cc1c(Cc2ccccc2)nnc2c(Br)cc(Br)cc12. The van der Waals surface area contributed by atoms with Crippen molar-refractivity contribution in [2.75, 3.05) is 0 Å². The van der Waals surface area contributed by atoms with E-state index < -0.39 is 0 Å². The molecule has 0 N–H and O–H groups in total. The molecule has 102 valence electrons. The maximum Gasteiger partial charge on any atom is 0.109 e. The van der Waals surface area contributed by atoms with Crippen LogP contribution in [0.2, 0.25) is 0 Å². The third kappa shape index (κ3) is 2.82. The van der Waals surface area contributed by atoms with Gasteiger partial charge in [0.05, 0.1) is 11.3 Å². The largest absolute Gasteiger partial charge is 0.192 e. The first kappa shape index (κ1) is 14.2. The van der Waals surface area contributed by atoms with E-state index in [2.05, 4.69) is 48.1 Å². The van der Waals surface area contributed by atoms with Crippen molar-refractivity contribution in [3.05, 3.63) is 68.2 Å². The van der Waals surface area contributed by atoms with Crippen LogP contribution in [0.5, 0.6) is 0 Å². The zero-order valence-electron chi connectivity index (χ0n) is 10.8. The minimum Gasteiger partial charge on any atom is -0.192 e. The van der Waals surface area contributed by atoms with Gasteiger partial charge in [-0.3, -0.25) is 0 Å². The van der Waals surface area contributed by atoms with Crippen LogP contribution in [0.1, 0.15) is 16.8 Å². The first-order chi connectivity index (χ1) is 10.2. The Balaban J connectivity index is 2.19. The van der Waals surface area contributed by atoms with Gasteiger partial charge in [-0.15, -0.1) is 5.10 Å². The Kier molecular flexibility index (Phi) is 4.00. The van der Waals surface area contributed by atoms with Gasteiger partial charge < -0.3 is 0 Å². The van der Waals surface area contributed by atoms with Gasteiger partial charge in [0.1, 0.15) is 11.6 Å². The van der Waals surface area contributed by atoms with Crippen LogP contribution in [0.25, 0.3) is 10.9 Å². The fourth-order valence-electron chi connectivity index (χ4n) is 2.21. The molecule has 0 atom stereocenters. The van der Waals surface area contributed by atoms with Crippen molar-refractivity contribution in [3.8, 4) is 6.07 Å². The van der Waals surface area contributed by atoms with Gasteiger partial charge in [0.2, 0.25) is 0 Å². The summed E-state index contributed by atoms with van der Waals surface area (Å²) in [6.07, 6.45) is 0.594. The lowest BCUT2D eigenvalue weighted by Gasteiger charge is -2.07. The number of hydrogen-bond acceptors (Lipinski definition) is 3. The zero-order chi connectivity index (χ0) is 14.8. The molecule has 0 bridgehead atoms. The summed E-state index contributed by atoms with van der Waals surface area (Å²) in [4.78, 5) is 0. The van der Waals surface area contributed by atoms with Gasteiger partial charge in [-0.2, -0.15) is 10.4 Å². The Labute approximate surface area is 138 Å². The summed E-state index contributed by atoms with van der Waals surface area (Å²) >= 11 is 6.91. The van der Waals surface area contributed by atoms with Crippen molar-refractivity contribution >= 4 is 42.8 Å². The Morgan fingerprint density at radius 3 is 2.52 bits per heavy atom. The molecule has 0 spiro atoms. The zero-order valence-corrected chi connectivity index (χ0v) is 14.0. The monoisotopic (exact) mass is 401 g/mol. The average Bonchev–Trinajstić information content (AvgIpc) is 2.48. The van der Waals surface area contributed by atoms with Gasteiger partial charge >= 0.3 is 0 Å². The van der Waals surface area contributed by atoms with Crippen LogP contribution in [0.4, 0.5) is 0 Å². The van der Waals surface area contributed by atoms with Crippen LogP contribution in [0.3, 0.4) is 0 Å². The average molecular weight is 403 g/mol. The van der Waals surface area contributed by atoms with Gasteiger partial charge in [-0.05, 0) is 33.6 Å². The molecule has 0 aliphatic carbocycles. The molecule has 1 aromatic heterocycles. The molecule has 0 fully saturated rings. The Morgan fingerprint density at radius 1 is 1.05 bits per heavy atom. The van der Waals surface area contributed by atoms with Gasteiger partial charge in [-0.25, -0.2) is 0 Å². The van der Waals surface area contributed by atoms with Crippen molar-refractivity contribution in [2.24, 2.45) is 0 Å². The molecule has 5 heteroatoms. The second-order valence-electron chi connectivity index (χ2n) is 4.58. The quantitative estimate of drug-likeness (QED) is 0.628. The maximum absolute atomic E-state index is 9.53. The molecule has 3 aromatic rings. The van der Waals surface area contributed by atoms with Crippen molar-refractivity contribution in [1.82, 2.24) is 10.2 Å². The highest BCUT2D eigenvalue weighted by Crippen LogP contribution is 2.30. The van der Waals surface area contributed by atoms with E-state index in [9.17, 15) is 5.26 Å². The smallest absolute Gasteiger partial charge is 0.109 e. The number of aromatic nitrogens is 2. The third-order valence-electron chi connectivity index (χ3n) is 3.18. The van der Waals surface area contributed by atoms with Gasteiger partial charge in [0.15, 0.2) is 0 Å². The van der Waals surface area contributed by atoms with E-state index in [0.717, 1.165) is 19.9 Å². The van der Waals surface area contributed by atoms with E-state index in [0.29, 0.717) is 23.2 Å². The first-order valence-corrected chi connectivity index (χ1v) is 7.86. The van der Waals surface area contributed by atoms with Crippen LogP contribution < -0.4 is 0 Å². The van der Waals surface area contributed by atoms with Crippen molar-refractivity contribution in [3.63, 3.8) is 0 Å². The summed E-state index contributed by atoms with van der Waals surface area (Å²) in [5, 5.41) is 18.8.